The average molecular weight is 321 g/mol. The summed E-state index contributed by atoms with van der Waals surface area (Å²) in [7, 11) is 0. The fourth-order valence-electron chi connectivity index (χ4n) is 1.46. The van der Waals surface area contributed by atoms with Crippen molar-refractivity contribution >= 4 is 35.2 Å². The van der Waals surface area contributed by atoms with Crippen molar-refractivity contribution in [3.8, 4) is 0 Å². The van der Waals surface area contributed by atoms with Crippen molar-refractivity contribution in [1.82, 2.24) is 0 Å². The minimum Gasteiger partial charge on any atom is -0.380 e. The summed E-state index contributed by atoms with van der Waals surface area (Å²) in [4.78, 5) is 17.3. The van der Waals surface area contributed by atoms with E-state index in [9.17, 15) is 4.79 Å². The number of rotatable bonds is 5. The lowest BCUT2D eigenvalue weighted by atomic mass is 10.2. The molecule has 2 N–H and O–H groups in total. The van der Waals surface area contributed by atoms with Gasteiger partial charge < -0.3 is 10.6 Å². The summed E-state index contributed by atoms with van der Waals surface area (Å²) in [6, 6.07) is 16.3. The third-order valence-corrected chi connectivity index (χ3v) is 3.72. The van der Waals surface area contributed by atoms with Crippen molar-refractivity contribution in [1.29, 1.82) is 0 Å². The SMILES string of the molecule is N/C(=N\OC(=O)CSc1ccccc1)c1ccc(Cl)cc1. The van der Waals surface area contributed by atoms with Gasteiger partial charge in [-0.05, 0) is 36.4 Å². The first-order valence-electron chi connectivity index (χ1n) is 6.12. The number of halogens is 1. The highest BCUT2D eigenvalue weighted by atomic mass is 35.5. The molecular weight excluding hydrogens is 308 g/mol. The Morgan fingerprint density at radius 2 is 1.81 bits per heavy atom. The van der Waals surface area contributed by atoms with E-state index in [1.807, 2.05) is 30.3 Å². The van der Waals surface area contributed by atoms with Gasteiger partial charge in [0.05, 0.1) is 5.75 Å². The molecule has 21 heavy (non-hydrogen) atoms. The van der Waals surface area contributed by atoms with Gasteiger partial charge in [-0.3, -0.25) is 0 Å². The molecule has 0 unspecified atom stereocenters. The van der Waals surface area contributed by atoms with Crippen LogP contribution in [0.15, 0.2) is 64.6 Å². The lowest BCUT2D eigenvalue weighted by Gasteiger charge is -2.02. The fourth-order valence-corrected chi connectivity index (χ4v) is 2.27. The molecule has 0 saturated heterocycles. The van der Waals surface area contributed by atoms with E-state index in [0.29, 0.717) is 10.6 Å². The van der Waals surface area contributed by atoms with Gasteiger partial charge in [0.2, 0.25) is 0 Å². The molecule has 2 rings (SSSR count). The largest absolute Gasteiger partial charge is 0.380 e. The molecule has 0 saturated carbocycles. The van der Waals surface area contributed by atoms with Crippen molar-refractivity contribution in [3.05, 3.63) is 65.2 Å². The topological polar surface area (TPSA) is 64.7 Å². The van der Waals surface area contributed by atoms with Gasteiger partial charge in [0.25, 0.3) is 0 Å². The lowest BCUT2D eigenvalue weighted by molar-refractivity contribution is -0.140. The molecule has 0 fully saturated rings. The van der Waals surface area contributed by atoms with E-state index in [-0.39, 0.29) is 11.6 Å². The van der Waals surface area contributed by atoms with E-state index in [1.54, 1.807) is 24.3 Å². The first-order chi connectivity index (χ1) is 10.1. The number of carbonyl (C=O) groups is 1. The second-order valence-corrected chi connectivity index (χ2v) is 5.53. The number of amidine groups is 1. The van der Waals surface area contributed by atoms with Crippen molar-refractivity contribution < 1.29 is 9.63 Å². The maximum atomic E-state index is 11.6. The molecule has 0 aromatic heterocycles. The van der Waals surface area contributed by atoms with Crippen molar-refractivity contribution in [3.63, 3.8) is 0 Å². The zero-order valence-corrected chi connectivity index (χ0v) is 12.6. The van der Waals surface area contributed by atoms with Gasteiger partial charge >= 0.3 is 5.97 Å². The zero-order chi connectivity index (χ0) is 15.1. The molecule has 108 valence electrons. The summed E-state index contributed by atoms with van der Waals surface area (Å²) < 4.78 is 0. The molecule has 0 atom stereocenters. The smallest absolute Gasteiger partial charge is 0.345 e. The Balaban J connectivity index is 1.85. The third-order valence-electron chi connectivity index (χ3n) is 2.49. The van der Waals surface area contributed by atoms with Gasteiger partial charge in [0.1, 0.15) is 0 Å². The highest BCUT2D eigenvalue weighted by molar-refractivity contribution is 8.00. The van der Waals surface area contributed by atoms with Crippen molar-refractivity contribution in [2.45, 2.75) is 4.90 Å². The number of oxime groups is 1. The van der Waals surface area contributed by atoms with E-state index < -0.39 is 5.97 Å². The predicted molar refractivity (Wildman–Crippen MR) is 85.4 cm³/mol. The van der Waals surface area contributed by atoms with Crippen LogP contribution in [0.3, 0.4) is 0 Å². The molecular formula is C15H13ClN2O2S. The number of hydrogen-bond acceptors (Lipinski definition) is 4. The highest BCUT2D eigenvalue weighted by Gasteiger charge is 2.05. The van der Waals surface area contributed by atoms with Crippen LogP contribution in [0.25, 0.3) is 0 Å². The monoisotopic (exact) mass is 320 g/mol. The fraction of sp³-hybridized carbons (Fsp3) is 0.0667. The minimum atomic E-state index is -0.458. The van der Waals surface area contributed by atoms with E-state index in [2.05, 4.69) is 5.16 Å². The molecule has 0 aliphatic heterocycles. The number of nitrogens with two attached hydrogens (primary N) is 1. The maximum Gasteiger partial charge on any atom is 0.345 e. The van der Waals surface area contributed by atoms with Crippen LogP contribution in [0.2, 0.25) is 5.02 Å². The molecule has 0 aliphatic rings. The van der Waals surface area contributed by atoms with Gasteiger partial charge in [0, 0.05) is 15.5 Å². The normalized spacial score (nSPS) is 11.2. The van der Waals surface area contributed by atoms with Gasteiger partial charge in [-0.25, -0.2) is 4.79 Å². The van der Waals surface area contributed by atoms with Crippen LogP contribution in [-0.2, 0) is 9.63 Å². The van der Waals surface area contributed by atoms with Crippen LogP contribution in [0, 0.1) is 0 Å². The molecule has 0 amide bonds. The number of hydrogen-bond donors (Lipinski definition) is 1. The standard InChI is InChI=1S/C15H13ClN2O2S/c16-12-8-6-11(7-9-12)15(17)18-20-14(19)10-21-13-4-2-1-3-5-13/h1-9H,10H2,(H2,17,18). The van der Waals surface area contributed by atoms with Gasteiger partial charge in [-0.1, -0.05) is 35.0 Å². The zero-order valence-electron chi connectivity index (χ0n) is 11.0. The molecule has 0 bridgehead atoms. The second kappa shape index (κ2) is 7.71. The van der Waals surface area contributed by atoms with E-state index >= 15 is 0 Å². The van der Waals surface area contributed by atoms with Gasteiger partial charge in [-0.2, -0.15) is 0 Å². The van der Waals surface area contributed by atoms with Crippen LogP contribution >= 0.6 is 23.4 Å². The molecule has 0 aliphatic carbocycles. The quantitative estimate of drug-likeness (QED) is 0.302. The Labute approximate surface area is 131 Å². The van der Waals surface area contributed by atoms with E-state index in [0.717, 1.165) is 4.90 Å². The highest BCUT2D eigenvalue weighted by Crippen LogP contribution is 2.16. The molecule has 4 nitrogen and oxygen atoms in total. The summed E-state index contributed by atoms with van der Waals surface area (Å²) in [5.41, 5.74) is 6.37. The first-order valence-corrected chi connectivity index (χ1v) is 7.48. The Kier molecular flexibility index (Phi) is 5.66. The van der Waals surface area contributed by atoms with E-state index in [1.165, 1.54) is 11.8 Å². The number of thioether (sulfide) groups is 1. The molecule has 2 aromatic carbocycles. The van der Waals surface area contributed by atoms with Crippen LogP contribution in [0.4, 0.5) is 0 Å². The van der Waals surface area contributed by atoms with Crippen molar-refractivity contribution in [2.75, 3.05) is 5.75 Å². The summed E-state index contributed by atoms with van der Waals surface area (Å²) in [6.45, 7) is 0. The summed E-state index contributed by atoms with van der Waals surface area (Å²) >= 11 is 7.15. The van der Waals surface area contributed by atoms with Crippen molar-refractivity contribution in [2.24, 2.45) is 10.9 Å². The Morgan fingerprint density at radius 1 is 1.14 bits per heavy atom. The number of nitrogens with zero attached hydrogens (tertiary/aromatic N) is 1. The lowest BCUT2D eigenvalue weighted by Crippen LogP contribution is -2.15. The van der Waals surface area contributed by atoms with E-state index in [4.69, 9.17) is 22.2 Å². The molecule has 0 heterocycles. The Bertz CT molecular complexity index is 630. The summed E-state index contributed by atoms with van der Waals surface area (Å²) in [5, 5.41) is 4.22. The summed E-state index contributed by atoms with van der Waals surface area (Å²) in [6.07, 6.45) is 0. The molecule has 0 spiro atoms. The maximum absolute atomic E-state index is 11.6. The van der Waals surface area contributed by atoms with Crippen LogP contribution < -0.4 is 5.73 Å². The van der Waals surface area contributed by atoms with Crippen LogP contribution in [-0.4, -0.2) is 17.6 Å². The number of benzene rings is 2. The summed E-state index contributed by atoms with van der Waals surface area (Å²) in [5.74, 6) is -0.160. The molecule has 6 heteroatoms. The third kappa shape index (κ3) is 5.13. The number of carbonyl (C=O) groups excluding carboxylic acids is 1. The molecule has 2 aromatic rings. The Morgan fingerprint density at radius 3 is 2.48 bits per heavy atom. The Hall–Kier alpha value is -1.98. The van der Waals surface area contributed by atoms with Gasteiger partial charge in [0.15, 0.2) is 5.84 Å². The first kappa shape index (κ1) is 15.4. The minimum absolute atomic E-state index is 0.129. The predicted octanol–water partition coefficient (Wildman–Crippen LogP) is 3.30. The molecule has 0 radical (unpaired) electrons. The van der Waals surface area contributed by atoms with Crippen LogP contribution in [0.5, 0.6) is 0 Å². The van der Waals surface area contributed by atoms with Crippen LogP contribution in [0.1, 0.15) is 5.56 Å². The average Bonchev–Trinajstić information content (AvgIpc) is 2.52. The second-order valence-electron chi connectivity index (χ2n) is 4.05. The van der Waals surface area contributed by atoms with Gasteiger partial charge in [-0.15, -0.1) is 11.8 Å².